The fraction of sp³-hybridized carbons (Fsp3) is 0.529. The van der Waals surface area contributed by atoms with Gasteiger partial charge in [0.05, 0.1) is 17.1 Å². The number of rotatable bonds is 7. The Balaban J connectivity index is 2.02. The molecular weight excluding hydrogens is 262 g/mol. The normalized spacial score (nSPS) is 14.0. The fourth-order valence-corrected chi connectivity index (χ4v) is 2.55. The number of carbonyl (C=O) groups excluding carboxylic acids is 1. The first-order valence-electron chi connectivity index (χ1n) is 7.90. The average Bonchev–Trinajstić information content (AvgIpc) is 2.92. The minimum absolute atomic E-state index is 0.0967. The lowest BCUT2D eigenvalue weighted by Crippen LogP contribution is -2.33. The summed E-state index contributed by atoms with van der Waals surface area (Å²) in [6.07, 6.45) is 4.08. The Morgan fingerprint density at radius 2 is 2.10 bits per heavy atom. The number of fused-ring (bicyclic) bond motifs is 1. The van der Waals surface area contributed by atoms with Crippen molar-refractivity contribution >= 4 is 16.9 Å². The van der Waals surface area contributed by atoms with Crippen LogP contribution < -0.4 is 5.32 Å². The SMILES string of the molecule is CCCCC(CC)C(=O)NC(C)c1nc2ccccc2[nH]1. The second kappa shape index (κ2) is 7.25. The van der Waals surface area contributed by atoms with Gasteiger partial charge in [-0.15, -0.1) is 0 Å². The molecule has 2 atom stereocenters. The zero-order valence-electron chi connectivity index (χ0n) is 13.1. The van der Waals surface area contributed by atoms with Crippen LogP contribution in [0.15, 0.2) is 24.3 Å². The molecule has 4 nitrogen and oxygen atoms in total. The van der Waals surface area contributed by atoms with E-state index >= 15 is 0 Å². The van der Waals surface area contributed by atoms with Crippen molar-refractivity contribution in [2.24, 2.45) is 5.92 Å². The van der Waals surface area contributed by atoms with Gasteiger partial charge in [0, 0.05) is 5.92 Å². The van der Waals surface area contributed by atoms with E-state index in [1.54, 1.807) is 0 Å². The quantitative estimate of drug-likeness (QED) is 0.810. The molecule has 0 aliphatic heterocycles. The predicted molar refractivity (Wildman–Crippen MR) is 86.0 cm³/mol. The van der Waals surface area contributed by atoms with Gasteiger partial charge in [-0.3, -0.25) is 4.79 Å². The van der Waals surface area contributed by atoms with Gasteiger partial charge in [0.2, 0.25) is 5.91 Å². The fourth-order valence-electron chi connectivity index (χ4n) is 2.55. The molecule has 0 aliphatic rings. The minimum Gasteiger partial charge on any atom is -0.346 e. The molecule has 0 fully saturated rings. The number of para-hydroxylation sites is 2. The monoisotopic (exact) mass is 287 g/mol. The van der Waals surface area contributed by atoms with Crippen LogP contribution in [0.2, 0.25) is 0 Å². The number of H-pyrrole nitrogens is 1. The minimum atomic E-state index is -0.0967. The third-order valence-corrected chi connectivity index (χ3v) is 3.95. The molecule has 2 unspecified atom stereocenters. The molecule has 1 aromatic carbocycles. The number of nitrogens with one attached hydrogen (secondary N) is 2. The topological polar surface area (TPSA) is 57.8 Å². The summed E-state index contributed by atoms with van der Waals surface area (Å²) in [6.45, 7) is 6.20. The van der Waals surface area contributed by atoms with Gasteiger partial charge in [-0.25, -0.2) is 4.98 Å². The van der Waals surface area contributed by atoms with Crippen molar-refractivity contribution in [3.05, 3.63) is 30.1 Å². The molecule has 0 bridgehead atoms. The third-order valence-electron chi connectivity index (χ3n) is 3.95. The van der Waals surface area contributed by atoms with Crippen molar-refractivity contribution in [1.29, 1.82) is 0 Å². The van der Waals surface area contributed by atoms with Crippen LogP contribution in [0, 0.1) is 5.92 Å². The molecular formula is C17H25N3O. The molecule has 0 spiro atoms. The van der Waals surface area contributed by atoms with Crippen molar-refractivity contribution in [1.82, 2.24) is 15.3 Å². The molecule has 1 heterocycles. The number of aromatic amines is 1. The zero-order chi connectivity index (χ0) is 15.2. The smallest absolute Gasteiger partial charge is 0.223 e. The Morgan fingerprint density at radius 1 is 1.33 bits per heavy atom. The highest BCUT2D eigenvalue weighted by Crippen LogP contribution is 2.18. The highest BCUT2D eigenvalue weighted by atomic mass is 16.1. The lowest BCUT2D eigenvalue weighted by molar-refractivity contribution is -0.126. The van der Waals surface area contributed by atoms with Crippen molar-refractivity contribution in [2.45, 2.75) is 52.5 Å². The Hall–Kier alpha value is -1.84. The summed E-state index contributed by atoms with van der Waals surface area (Å²) in [5, 5.41) is 3.08. The molecule has 0 saturated carbocycles. The van der Waals surface area contributed by atoms with Crippen LogP contribution in [0.3, 0.4) is 0 Å². The summed E-state index contributed by atoms with van der Waals surface area (Å²) in [5.74, 6) is 1.06. The first-order valence-corrected chi connectivity index (χ1v) is 7.90. The predicted octanol–water partition coefficient (Wildman–Crippen LogP) is 3.96. The summed E-state index contributed by atoms with van der Waals surface area (Å²) in [7, 11) is 0. The summed E-state index contributed by atoms with van der Waals surface area (Å²) in [4.78, 5) is 20.1. The van der Waals surface area contributed by atoms with Gasteiger partial charge in [0.25, 0.3) is 0 Å². The molecule has 2 N–H and O–H groups in total. The van der Waals surface area contributed by atoms with Crippen LogP contribution in [-0.4, -0.2) is 15.9 Å². The van der Waals surface area contributed by atoms with Crippen LogP contribution in [0.4, 0.5) is 0 Å². The van der Waals surface area contributed by atoms with Crippen molar-refractivity contribution in [3.63, 3.8) is 0 Å². The first-order chi connectivity index (χ1) is 10.2. The van der Waals surface area contributed by atoms with E-state index in [0.717, 1.165) is 42.5 Å². The maximum atomic E-state index is 12.3. The molecule has 0 radical (unpaired) electrons. The van der Waals surface area contributed by atoms with Crippen LogP contribution in [0.5, 0.6) is 0 Å². The van der Waals surface area contributed by atoms with E-state index in [9.17, 15) is 4.79 Å². The Kier molecular flexibility index (Phi) is 5.37. The van der Waals surface area contributed by atoms with Crippen LogP contribution in [-0.2, 0) is 4.79 Å². The van der Waals surface area contributed by atoms with Crippen LogP contribution >= 0.6 is 0 Å². The van der Waals surface area contributed by atoms with E-state index in [0.29, 0.717) is 0 Å². The van der Waals surface area contributed by atoms with E-state index in [4.69, 9.17) is 0 Å². The van der Waals surface area contributed by atoms with Crippen LogP contribution in [0.25, 0.3) is 11.0 Å². The molecule has 4 heteroatoms. The van der Waals surface area contributed by atoms with Gasteiger partial charge in [-0.05, 0) is 31.9 Å². The maximum absolute atomic E-state index is 12.3. The highest BCUT2D eigenvalue weighted by molar-refractivity contribution is 5.79. The summed E-state index contributed by atoms with van der Waals surface area (Å²) in [5.41, 5.74) is 1.94. The van der Waals surface area contributed by atoms with E-state index in [-0.39, 0.29) is 17.9 Å². The molecule has 1 amide bonds. The first kappa shape index (κ1) is 15.5. The molecule has 0 aliphatic carbocycles. The van der Waals surface area contributed by atoms with E-state index in [1.165, 1.54) is 0 Å². The number of hydrogen-bond donors (Lipinski definition) is 2. The molecule has 1 aromatic heterocycles. The number of nitrogens with zero attached hydrogens (tertiary/aromatic N) is 1. The van der Waals surface area contributed by atoms with E-state index < -0.39 is 0 Å². The summed E-state index contributed by atoms with van der Waals surface area (Å²) >= 11 is 0. The van der Waals surface area contributed by atoms with Crippen LogP contribution in [0.1, 0.15) is 58.3 Å². The lowest BCUT2D eigenvalue weighted by atomic mass is 9.98. The average molecular weight is 287 g/mol. The van der Waals surface area contributed by atoms with E-state index in [1.807, 2.05) is 31.2 Å². The molecule has 21 heavy (non-hydrogen) atoms. The standard InChI is InChI=1S/C17H25N3O/c1-4-6-9-13(5-2)17(21)18-12(3)16-19-14-10-7-8-11-15(14)20-16/h7-8,10-13H,4-6,9H2,1-3H3,(H,18,21)(H,19,20). The Labute approximate surface area is 126 Å². The molecule has 114 valence electrons. The number of hydrogen-bond acceptors (Lipinski definition) is 2. The van der Waals surface area contributed by atoms with Gasteiger partial charge >= 0.3 is 0 Å². The second-order valence-corrected chi connectivity index (χ2v) is 5.62. The summed E-state index contributed by atoms with van der Waals surface area (Å²) in [6, 6.07) is 7.82. The molecule has 2 rings (SSSR count). The largest absolute Gasteiger partial charge is 0.346 e. The number of benzene rings is 1. The van der Waals surface area contributed by atoms with Gasteiger partial charge in [-0.2, -0.15) is 0 Å². The van der Waals surface area contributed by atoms with Crippen molar-refractivity contribution in [3.8, 4) is 0 Å². The maximum Gasteiger partial charge on any atom is 0.223 e. The number of imidazole rings is 1. The number of carbonyl (C=O) groups is 1. The van der Waals surface area contributed by atoms with Gasteiger partial charge in [0.15, 0.2) is 0 Å². The van der Waals surface area contributed by atoms with Gasteiger partial charge < -0.3 is 10.3 Å². The molecule has 2 aromatic rings. The zero-order valence-corrected chi connectivity index (χ0v) is 13.1. The van der Waals surface area contributed by atoms with E-state index in [2.05, 4.69) is 29.1 Å². The highest BCUT2D eigenvalue weighted by Gasteiger charge is 2.19. The summed E-state index contributed by atoms with van der Waals surface area (Å²) < 4.78 is 0. The van der Waals surface area contributed by atoms with Crippen molar-refractivity contribution in [2.75, 3.05) is 0 Å². The second-order valence-electron chi connectivity index (χ2n) is 5.62. The number of unbranched alkanes of at least 4 members (excludes halogenated alkanes) is 1. The Bertz CT molecular complexity index is 557. The Morgan fingerprint density at radius 3 is 2.76 bits per heavy atom. The number of amides is 1. The third kappa shape index (κ3) is 3.84. The van der Waals surface area contributed by atoms with Gasteiger partial charge in [-0.1, -0.05) is 38.8 Å². The van der Waals surface area contributed by atoms with Crippen molar-refractivity contribution < 1.29 is 4.79 Å². The lowest BCUT2D eigenvalue weighted by Gasteiger charge is -2.17. The molecule has 0 saturated heterocycles. The van der Waals surface area contributed by atoms with Gasteiger partial charge in [0.1, 0.15) is 5.82 Å². The number of aromatic nitrogens is 2.